The highest BCUT2D eigenvalue weighted by Gasteiger charge is 2.36. The molecule has 9 nitrogen and oxygen atoms in total. The van der Waals surface area contributed by atoms with E-state index in [1.54, 1.807) is 73.7 Å². The summed E-state index contributed by atoms with van der Waals surface area (Å²) in [6, 6.07) is 20.4. The smallest absolute Gasteiger partial charge is 0.294 e. The van der Waals surface area contributed by atoms with E-state index in [1.807, 2.05) is 6.07 Å². The van der Waals surface area contributed by atoms with E-state index in [0.29, 0.717) is 40.1 Å². The Labute approximate surface area is 234 Å². The number of hydrogen-bond donors (Lipinski definition) is 2. The van der Waals surface area contributed by atoms with Gasteiger partial charge in [0.25, 0.3) is 17.1 Å². The third-order valence-corrected chi connectivity index (χ3v) is 6.41. The molecule has 0 atom stereocenters. The van der Waals surface area contributed by atoms with Crippen LogP contribution in [0.1, 0.15) is 12.5 Å². The van der Waals surface area contributed by atoms with Gasteiger partial charge < -0.3 is 20.1 Å². The number of anilines is 2. The molecule has 3 aromatic rings. The maximum atomic E-state index is 12.9. The molecule has 39 heavy (non-hydrogen) atoms. The van der Waals surface area contributed by atoms with Crippen LogP contribution in [0, 0.1) is 0 Å². The van der Waals surface area contributed by atoms with E-state index < -0.39 is 23.6 Å². The summed E-state index contributed by atoms with van der Waals surface area (Å²) in [7, 11) is 0. The van der Waals surface area contributed by atoms with Gasteiger partial charge in [-0.15, -0.1) is 0 Å². The zero-order valence-electron chi connectivity index (χ0n) is 20.8. The van der Waals surface area contributed by atoms with Crippen LogP contribution in [0.3, 0.4) is 0 Å². The van der Waals surface area contributed by atoms with Crippen molar-refractivity contribution in [3.63, 3.8) is 0 Å². The average molecular weight is 566 g/mol. The molecule has 4 rings (SSSR count). The molecule has 1 saturated heterocycles. The number of rotatable bonds is 10. The molecule has 200 valence electrons. The largest absolute Gasteiger partial charge is 0.490 e. The third-order valence-electron chi connectivity index (χ3n) is 5.27. The van der Waals surface area contributed by atoms with Crippen molar-refractivity contribution in [2.45, 2.75) is 6.92 Å². The van der Waals surface area contributed by atoms with Crippen LogP contribution in [0.2, 0.25) is 5.02 Å². The summed E-state index contributed by atoms with van der Waals surface area (Å²) in [5.74, 6) is -0.730. The van der Waals surface area contributed by atoms with Crippen molar-refractivity contribution in [2.24, 2.45) is 0 Å². The Morgan fingerprint density at radius 2 is 1.64 bits per heavy atom. The van der Waals surface area contributed by atoms with Crippen molar-refractivity contribution in [3.8, 4) is 11.5 Å². The summed E-state index contributed by atoms with van der Waals surface area (Å²) in [5.41, 5.74) is 1.69. The molecule has 0 aliphatic carbocycles. The lowest BCUT2D eigenvalue weighted by molar-refractivity contribution is -0.127. The van der Waals surface area contributed by atoms with Crippen molar-refractivity contribution >= 4 is 63.8 Å². The Bertz CT molecular complexity index is 1430. The van der Waals surface area contributed by atoms with Crippen LogP contribution < -0.4 is 20.1 Å². The topological polar surface area (TPSA) is 114 Å². The molecule has 0 saturated carbocycles. The first-order valence-corrected chi connectivity index (χ1v) is 13.1. The maximum Gasteiger partial charge on any atom is 0.294 e. The first-order chi connectivity index (χ1) is 18.8. The summed E-state index contributed by atoms with van der Waals surface area (Å²) in [5, 5.41) is 5.32. The second-order valence-corrected chi connectivity index (χ2v) is 9.60. The minimum atomic E-state index is -0.566. The number of halogens is 1. The van der Waals surface area contributed by atoms with Gasteiger partial charge in [0.15, 0.2) is 18.1 Å². The fraction of sp³-hybridized carbons (Fsp3) is 0.143. The van der Waals surface area contributed by atoms with E-state index in [4.69, 9.17) is 21.1 Å². The lowest BCUT2D eigenvalue weighted by Gasteiger charge is -2.13. The quantitative estimate of drug-likeness (QED) is 0.315. The second kappa shape index (κ2) is 13.0. The van der Waals surface area contributed by atoms with Crippen molar-refractivity contribution in [1.82, 2.24) is 4.90 Å². The number of carbonyl (C=O) groups is 4. The van der Waals surface area contributed by atoms with Gasteiger partial charge in [0, 0.05) is 16.4 Å². The Balaban J connectivity index is 1.40. The van der Waals surface area contributed by atoms with E-state index in [9.17, 15) is 19.2 Å². The van der Waals surface area contributed by atoms with Crippen LogP contribution in [0.25, 0.3) is 6.08 Å². The van der Waals surface area contributed by atoms with Crippen molar-refractivity contribution in [3.05, 3.63) is 88.3 Å². The number of benzene rings is 3. The van der Waals surface area contributed by atoms with E-state index in [-0.39, 0.29) is 17.4 Å². The molecule has 0 unspecified atom stereocenters. The van der Waals surface area contributed by atoms with Gasteiger partial charge in [-0.05, 0) is 72.8 Å². The van der Waals surface area contributed by atoms with Gasteiger partial charge in [-0.2, -0.15) is 0 Å². The Kier molecular flexibility index (Phi) is 9.24. The second-order valence-electron chi connectivity index (χ2n) is 8.17. The van der Waals surface area contributed by atoms with Crippen molar-refractivity contribution < 1.29 is 28.7 Å². The predicted molar refractivity (Wildman–Crippen MR) is 151 cm³/mol. The SMILES string of the molecule is CCOc1cc(/C=C2\SC(=O)N(CC(=O)Nc3ccccc3)C2=O)ccc1OCC(=O)Nc1cccc(Cl)c1. The number of nitrogens with zero attached hydrogens (tertiary/aromatic N) is 1. The minimum absolute atomic E-state index is 0.171. The van der Waals surface area contributed by atoms with Crippen molar-refractivity contribution in [1.29, 1.82) is 0 Å². The van der Waals surface area contributed by atoms with Crippen LogP contribution in [0.4, 0.5) is 16.2 Å². The fourth-order valence-electron chi connectivity index (χ4n) is 3.56. The monoisotopic (exact) mass is 565 g/mol. The molecule has 1 fully saturated rings. The van der Waals surface area contributed by atoms with Gasteiger partial charge in [0.1, 0.15) is 6.54 Å². The van der Waals surface area contributed by atoms with Gasteiger partial charge in [0.2, 0.25) is 5.91 Å². The van der Waals surface area contributed by atoms with Gasteiger partial charge in [0.05, 0.1) is 11.5 Å². The first kappa shape index (κ1) is 27.7. The van der Waals surface area contributed by atoms with Crippen LogP contribution in [0.5, 0.6) is 11.5 Å². The molecule has 1 aliphatic heterocycles. The molecular weight excluding hydrogens is 542 g/mol. The number of thioether (sulfide) groups is 1. The Morgan fingerprint density at radius 3 is 2.38 bits per heavy atom. The van der Waals surface area contributed by atoms with Gasteiger partial charge >= 0.3 is 0 Å². The number of nitrogens with one attached hydrogen (secondary N) is 2. The molecule has 3 aromatic carbocycles. The molecule has 0 aromatic heterocycles. The number of hydrogen-bond acceptors (Lipinski definition) is 7. The molecule has 11 heteroatoms. The van der Waals surface area contributed by atoms with Crippen LogP contribution in [0.15, 0.2) is 77.7 Å². The lowest BCUT2D eigenvalue weighted by atomic mass is 10.2. The van der Waals surface area contributed by atoms with Crippen LogP contribution >= 0.6 is 23.4 Å². The number of imide groups is 1. The van der Waals surface area contributed by atoms with E-state index in [1.165, 1.54) is 6.08 Å². The lowest BCUT2D eigenvalue weighted by Crippen LogP contribution is -2.36. The van der Waals surface area contributed by atoms with Crippen molar-refractivity contribution in [2.75, 3.05) is 30.4 Å². The number of amides is 4. The Morgan fingerprint density at radius 1 is 0.897 bits per heavy atom. The molecule has 2 N–H and O–H groups in total. The predicted octanol–water partition coefficient (Wildman–Crippen LogP) is 5.43. The molecular formula is C28H24ClN3O6S. The average Bonchev–Trinajstić information content (AvgIpc) is 3.16. The van der Waals surface area contributed by atoms with Crippen LogP contribution in [-0.4, -0.2) is 47.6 Å². The minimum Gasteiger partial charge on any atom is -0.490 e. The zero-order chi connectivity index (χ0) is 27.8. The molecule has 1 aliphatic rings. The van der Waals surface area contributed by atoms with Crippen LogP contribution in [-0.2, 0) is 14.4 Å². The number of para-hydroxylation sites is 1. The van der Waals surface area contributed by atoms with E-state index in [0.717, 1.165) is 16.7 Å². The van der Waals surface area contributed by atoms with Gasteiger partial charge in [-0.25, -0.2) is 0 Å². The highest BCUT2D eigenvalue weighted by Crippen LogP contribution is 2.34. The van der Waals surface area contributed by atoms with Gasteiger partial charge in [-0.1, -0.05) is 41.9 Å². The summed E-state index contributed by atoms with van der Waals surface area (Å²) in [4.78, 5) is 51.0. The van der Waals surface area contributed by atoms with E-state index in [2.05, 4.69) is 10.6 Å². The van der Waals surface area contributed by atoms with Gasteiger partial charge in [-0.3, -0.25) is 24.1 Å². The highest BCUT2D eigenvalue weighted by atomic mass is 35.5. The number of carbonyl (C=O) groups excluding carboxylic acids is 4. The zero-order valence-corrected chi connectivity index (χ0v) is 22.4. The maximum absolute atomic E-state index is 12.9. The molecule has 0 radical (unpaired) electrons. The molecule has 4 amide bonds. The highest BCUT2D eigenvalue weighted by molar-refractivity contribution is 8.18. The fourth-order valence-corrected chi connectivity index (χ4v) is 4.59. The normalized spacial score (nSPS) is 13.9. The molecule has 1 heterocycles. The molecule has 0 spiro atoms. The van der Waals surface area contributed by atoms with E-state index >= 15 is 0 Å². The number of ether oxygens (including phenoxy) is 2. The summed E-state index contributed by atoms with van der Waals surface area (Å²) in [6.45, 7) is 1.47. The molecule has 0 bridgehead atoms. The third kappa shape index (κ3) is 7.62. The standard InChI is InChI=1S/C28H24ClN3O6S/c1-2-37-23-13-18(11-12-22(23)38-17-26(34)31-21-10-6-7-19(29)15-21)14-24-27(35)32(28(36)39-24)16-25(33)30-20-8-4-3-5-9-20/h3-15H,2,16-17H2,1H3,(H,30,33)(H,31,34)/b24-14-. The summed E-state index contributed by atoms with van der Waals surface area (Å²) >= 11 is 6.69. The Hall–Kier alpha value is -4.28. The summed E-state index contributed by atoms with van der Waals surface area (Å²) in [6.07, 6.45) is 1.54. The first-order valence-electron chi connectivity index (χ1n) is 11.9. The summed E-state index contributed by atoms with van der Waals surface area (Å²) < 4.78 is 11.3.